The van der Waals surface area contributed by atoms with Crippen LogP contribution in [0.3, 0.4) is 0 Å². The van der Waals surface area contributed by atoms with E-state index >= 15 is 0 Å². The lowest BCUT2D eigenvalue weighted by Crippen LogP contribution is -2.40. The van der Waals surface area contributed by atoms with Crippen LogP contribution >= 0.6 is 33.9 Å². The van der Waals surface area contributed by atoms with Crippen LogP contribution in [0.1, 0.15) is 48.6 Å². The maximum Gasteiger partial charge on any atom is 0.338 e. The summed E-state index contributed by atoms with van der Waals surface area (Å²) in [6.07, 6.45) is 2.37. The zero-order chi connectivity index (χ0) is 29.8. The molecule has 42 heavy (non-hydrogen) atoms. The molecule has 216 valence electrons. The van der Waals surface area contributed by atoms with E-state index in [1.807, 2.05) is 62.4 Å². The number of ether oxygens (including phenoxy) is 3. The molecule has 1 aromatic heterocycles. The highest BCUT2D eigenvalue weighted by Crippen LogP contribution is 2.35. The van der Waals surface area contributed by atoms with Crippen molar-refractivity contribution in [3.05, 3.63) is 124 Å². The predicted octanol–water partition coefficient (Wildman–Crippen LogP) is 5.69. The van der Waals surface area contributed by atoms with E-state index in [2.05, 4.69) is 53.8 Å². The van der Waals surface area contributed by atoms with Gasteiger partial charge in [0, 0.05) is 0 Å². The number of hydrogen-bond acceptors (Lipinski definition) is 7. The van der Waals surface area contributed by atoms with E-state index in [1.54, 1.807) is 4.57 Å². The van der Waals surface area contributed by atoms with Gasteiger partial charge in [-0.05, 0) is 77.8 Å². The van der Waals surface area contributed by atoms with Gasteiger partial charge < -0.3 is 14.2 Å². The number of aryl methyl sites for hydroxylation is 1. The Balaban J connectivity index is 1.59. The quantitative estimate of drug-likeness (QED) is 0.166. The minimum atomic E-state index is -0.635. The van der Waals surface area contributed by atoms with Gasteiger partial charge in [0.15, 0.2) is 16.3 Å². The van der Waals surface area contributed by atoms with Crippen molar-refractivity contribution in [2.75, 3.05) is 13.7 Å². The zero-order valence-electron chi connectivity index (χ0n) is 23.8. The Morgan fingerprint density at radius 2 is 1.81 bits per heavy atom. The van der Waals surface area contributed by atoms with E-state index in [4.69, 9.17) is 19.2 Å². The number of benzene rings is 3. The molecule has 9 heteroatoms. The van der Waals surface area contributed by atoms with E-state index in [9.17, 15) is 9.59 Å². The Morgan fingerprint density at radius 3 is 2.48 bits per heavy atom. The highest BCUT2D eigenvalue weighted by atomic mass is 127. The molecule has 1 atom stereocenters. The lowest BCUT2D eigenvalue weighted by Gasteiger charge is -2.25. The number of thiazole rings is 1. The van der Waals surface area contributed by atoms with E-state index in [0.717, 1.165) is 20.3 Å². The second-order valence-corrected chi connectivity index (χ2v) is 11.9. The van der Waals surface area contributed by atoms with Crippen molar-refractivity contribution in [3.8, 4) is 11.5 Å². The molecule has 0 aliphatic carbocycles. The summed E-state index contributed by atoms with van der Waals surface area (Å²) in [5.41, 5.74) is 4.65. The van der Waals surface area contributed by atoms with Crippen LogP contribution in [0, 0.1) is 10.5 Å². The average molecular weight is 695 g/mol. The van der Waals surface area contributed by atoms with Gasteiger partial charge >= 0.3 is 5.97 Å². The Morgan fingerprint density at radius 1 is 1.07 bits per heavy atom. The van der Waals surface area contributed by atoms with Crippen molar-refractivity contribution in [3.63, 3.8) is 0 Å². The van der Waals surface area contributed by atoms with E-state index in [0.29, 0.717) is 51.7 Å². The first-order valence-corrected chi connectivity index (χ1v) is 15.6. The second kappa shape index (κ2) is 13.1. The second-order valence-electron chi connectivity index (χ2n) is 9.74. The monoisotopic (exact) mass is 694 g/mol. The van der Waals surface area contributed by atoms with Crippen molar-refractivity contribution in [1.82, 2.24) is 4.57 Å². The fourth-order valence-corrected chi connectivity index (χ4v) is 6.68. The molecule has 5 rings (SSSR count). The van der Waals surface area contributed by atoms with Gasteiger partial charge in [0.05, 0.1) is 39.1 Å². The molecule has 3 aromatic carbocycles. The third-order valence-electron chi connectivity index (χ3n) is 6.90. The zero-order valence-corrected chi connectivity index (χ0v) is 26.8. The summed E-state index contributed by atoms with van der Waals surface area (Å²) in [6.45, 7) is 6.80. The Kier molecular flexibility index (Phi) is 9.27. The molecule has 0 spiro atoms. The fourth-order valence-electron chi connectivity index (χ4n) is 4.88. The summed E-state index contributed by atoms with van der Waals surface area (Å²) in [5.74, 6) is 0.783. The van der Waals surface area contributed by atoms with Crippen LogP contribution in [-0.2, 0) is 16.1 Å². The van der Waals surface area contributed by atoms with Crippen LogP contribution in [0.4, 0.5) is 0 Å². The van der Waals surface area contributed by atoms with Crippen LogP contribution in [0.5, 0.6) is 11.5 Å². The summed E-state index contributed by atoms with van der Waals surface area (Å²) in [5, 5.41) is 0. The number of allylic oxidation sites excluding steroid dienone is 1. The van der Waals surface area contributed by atoms with Gasteiger partial charge in [-0.2, -0.15) is 0 Å². The molecule has 1 aliphatic heterocycles. The first-order chi connectivity index (χ1) is 20.3. The molecule has 0 N–H and O–H groups in total. The van der Waals surface area contributed by atoms with Crippen LogP contribution < -0.4 is 24.4 Å². The third-order valence-corrected chi connectivity index (χ3v) is 8.68. The number of carbonyl (C=O) groups excluding carboxylic acids is 1. The highest BCUT2D eigenvalue weighted by Gasteiger charge is 2.33. The lowest BCUT2D eigenvalue weighted by atomic mass is 9.95. The number of carbonyl (C=O) groups is 1. The van der Waals surface area contributed by atoms with Gasteiger partial charge in [0.25, 0.3) is 5.56 Å². The minimum absolute atomic E-state index is 0.225. The number of methoxy groups -OCH3 is 1. The van der Waals surface area contributed by atoms with Gasteiger partial charge in [0.1, 0.15) is 6.61 Å². The Hall–Kier alpha value is -3.70. The van der Waals surface area contributed by atoms with Crippen molar-refractivity contribution < 1.29 is 19.0 Å². The normalized spacial score (nSPS) is 14.8. The van der Waals surface area contributed by atoms with E-state index in [1.165, 1.54) is 24.0 Å². The molecule has 0 bridgehead atoms. The topological polar surface area (TPSA) is 79.1 Å². The van der Waals surface area contributed by atoms with Crippen molar-refractivity contribution >= 4 is 46.0 Å². The number of aromatic nitrogens is 1. The molecule has 2 heterocycles. The molecule has 0 saturated heterocycles. The molecule has 0 fully saturated rings. The number of rotatable bonds is 9. The molecule has 1 aliphatic rings. The molecule has 0 saturated carbocycles. The van der Waals surface area contributed by atoms with Crippen LogP contribution in [0.25, 0.3) is 6.08 Å². The summed E-state index contributed by atoms with van der Waals surface area (Å²) in [6, 6.07) is 21.0. The number of esters is 1. The van der Waals surface area contributed by atoms with Gasteiger partial charge in [-0.25, -0.2) is 9.79 Å². The molecular weight excluding hydrogens is 663 g/mol. The fraction of sp³-hybridized carbons (Fsp3) is 0.242. The molecule has 0 amide bonds. The van der Waals surface area contributed by atoms with E-state index in [-0.39, 0.29) is 5.56 Å². The first kappa shape index (κ1) is 29.8. The summed E-state index contributed by atoms with van der Waals surface area (Å²) in [7, 11) is 1.35. The Labute approximate surface area is 261 Å². The highest BCUT2D eigenvalue weighted by molar-refractivity contribution is 14.1. The smallest absolute Gasteiger partial charge is 0.338 e. The van der Waals surface area contributed by atoms with Crippen LogP contribution in [0.15, 0.2) is 87.8 Å². The number of hydrogen-bond donors (Lipinski definition) is 0. The standard InChI is InChI=1S/C33H31IN2O5S/c1-5-25-28(32(38)39-4)29(23-10-8-7-9-11-23)36-31(37)27(42-33(36)35-25)18-22-16-24(34)30(26(17-22)40-6-2)41-19-21-14-12-20(3)13-15-21/h7-18,29H,5-6,19H2,1-4H3/b27-18-/t29-/m1/s1. The summed E-state index contributed by atoms with van der Waals surface area (Å²) >= 11 is 3.54. The van der Waals surface area contributed by atoms with E-state index < -0.39 is 12.0 Å². The SMILES string of the molecule is CCOc1cc(/C=c2\sc3n(c2=O)[C@H](c2ccccc2)C(C(=O)OC)=C(CC)N=3)cc(I)c1OCc1ccc(C)cc1. The van der Waals surface area contributed by atoms with Gasteiger partial charge in [-0.1, -0.05) is 78.4 Å². The lowest BCUT2D eigenvalue weighted by molar-refractivity contribution is -0.136. The third kappa shape index (κ3) is 6.07. The predicted molar refractivity (Wildman–Crippen MR) is 173 cm³/mol. The first-order valence-electron chi connectivity index (χ1n) is 13.7. The molecule has 4 aromatic rings. The number of halogens is 1. The molecule has 0 radical (unpaired) electrons. The molecule has 7 nitrogen and oxygen atoms in total. The number of fused-ring (bicyclic) bond motifs is 1. The maximum absolute atomic E-state index is 13.9. The van der Waals surface area contributed by atoms with Gasteiger partial charge in [-0.3, -0.25) is 9.36 Å². The largest absolute Gasteiger partial charge is 0.490 e. The molecule has 0 unspecified atom stereocenters. The van der Waals surface area contributed by atoms with Gasteiger partial charge in [0.2, 0.25) is 0 Å². The van der Waals surface area contributed by atoms with Crippen LogP contribution in [0.2, 0.25) is 0 Å². The molecular formula is C33H31IN2O5S. The Bertz CT molecular complexity index is 1830. The van der Waals surface area contributed by atoms with Crippen molar-refractivity contribution in [1.29, 1.82) is 0 Å². The van der Waals surface area contributed by atoms with Crippen molar-refractivity contribution in [2.24, 2.45) is 4.99 Å². The maximum atomic E-state index is 13.9. The van der Waals surface area contributed by atoms with Crippen LogP contribution in [-0.4, -0.2) is 24.3 Å². The van der Waals surface area contributed by atoms with Gasteiger partial charge in [-0.15, -0.1) is 0 Å². The van der Waals surface area contributed by atoms with Crippen molar-refractivity contribution in [2.45, 2.75) is 39.8 Å². The summed E-state index contributed by atoms with van der Waals surface area (Å²) < 4.78 is 20.3. The summed E-state index contributed by atoms with van der Waals surface area (Å²) in [4.78, 5) is 32.2. The minimum Gasteiger partial charge on any atom is -0.490 e. The average Bonchev–Trinajstić information content (AvgIpc) is 3.30. The number of nitrogens with zero attached hydrogens (tertiary/aromatic N) is 2.